The molecule has 0 saturated carbocycles. The van der Waals surface area contributed by atoms with Gasteiger partial charge in [-0.05, 0) is 25.0 Å². The molecule has 0 radical (unpaired) electrons. The zero-order chi connectivity index (χ0) is 18.0. The van der Waals surface area contributed by atoms with Gasteiger partial charge >= 0.3 is 0 Å². The number of hydrogen-bond acceptors (Lipinski definition) is 4. The molecule has 136 valence electrons. The first-order valence-electron chi connectivity index (χ1n) is 9.23. The Bertz CT molecular complexity index is 829. The third-order valence-electron chi connectivity index (χ3n) is 5.35. The average molecular weight is 352 g/mol. The largest absolute Gasteiger partial charge is 0.483 e. The molecular formula is C20H24N4O2. The lowest BCUT2D eigenvalue weighted by Crippen LogP contribution is -2.38. The molecule has 2 aromatic rings. The molecule has 1 amide bonds. The highest BCUT2D eigenvalue weighted by molar-refractivity contribution is 5.76. The molecule has 0 aliphatic carbocycles. The van der Waals surface area contributed by atoms with Crippen LogP contribution in [0.1, 0.15) is 37.1 Å². The lowest BCUT2D eigenvalue weighted by Gasteiger charge is -2.34. The van der Waals surface area contributed by atoms with Crippen molar-refractivity contribution in [3.05, 3.63) is 48.1 Å². The van der Waals surface area contributed by atoms with Crippen LogP contribution in [0.25, 0.3) is 6.08 Å². The SMILES string of the molecule is Cn1cnnc1CCC(=O)N1CCC[C@@]2(C=Cc3ccccc3O2)CC1. The molecule has 1 atom stereocenters. The standard InChI is InChI=1S/C20H24N4O2/c1-23-15-21-22-18(23)7-8-19(25)24-13-4-10-20(12-14-24)11-9-16-5-2-3-6-17(16)26-20/h2-3,5-6,9,11,15H,4,7-8,10,12-14H2,1H3/t20-/m1/s1. The fourth-order valence-electron chi connectivity index (χ4n) is 3.76. The van der Waals surface area contributed by atoms with E-state index in [0.717, 1.165) is 49.5 Å². The van der Waals surface area contributed by atoms with Crippen molar-refractivity contribution in [1.29, 1.82) is 0 Å². The first-order valence-corrected chi connectivity index (χ1v) is 9.23. The Labute approximate surface area is 153 Å². The van der Waals surface area contributed by atoms with Crippen molar-refractivity contribution >= 4 is 12.0 Å². The summed E-state index contributed by atoms with van der Waals surface area (Å²) >= 11 is 0. The van der Waals surface area contributed by atoms with Gasteiger partial charge in [0.05, 0.1) is 0 Å². The molecule has 1 spiro atoms. The molecule has 26 heavy (non-hydrogen) atoms. The molecule has 1 aromatic carbocycles. The Morgan fingerprint density at radius 2 is 2.15 bits per heavy atom. The van der Waals surface area contributed by atoms with E-state index in [9.17, 15) is 4.79 Å². The number of carbonyl (C=O) groups is 1. The summed E-state index contributed by atoms with van der Waals surface area (Å²) in [5, 5.41) is 7.92. The van der Waals surface area contributed by atoms with E-state index >= 15 is 0 Å². The maximum atomic E-state index is 12.6. The summed E-state index contributed by atoms with van der Waals surface area (Å²) in [6.07, 6.45) is 9.81. The zero-order valence-electron chi connectivity index (χ0n) is 15.1. The van der Waals surface area contributed by atoms with E-state index in [4.69, 9.17) is 4.74 Å². The number of hydrogen-bond donors (Lipinski definition) is 0. The van der Waals surface area contributed by atoms with Crippen molar-refractivity contribution in [1.82, 2.24) is 19.7 Å². The van der Waals surface area contributed by atoms with Crippen molar-refractivity contribution < 1.29 is 9.53 Å². The van der Waals surface area contributed by atoms with Gasteiger partial charge < -0.3 is 14.2 Å². The molecule has 1 aromatic heterocycles. The number of fused-ring (bicyclic) bond motifs is 1. The topological polar surface area (TPSA) is 60.2 Å². The first kappa shape index (κ1) is 16.8. The summed E-state index contributed by atoms with van der Waals surface area (Å²) in [6, 6.07) is 8.12. The van der Waals surface area contributed by atoms with Gasteiger partial charge in [-0.15, -0.1) is 10.2 Å². The first-order chi connectivity index (χ1) is 12.7. The predicted molar refractivity (Wildman–Crippen MR) is 98.6 cm³/mol. The van der Waals surface area contributed by atoms with Crippen LogP contribution in [0.4, 0.5) is 0 Å². The minimum atomic E-state index is -0.285. The summed E-state index contributed by atoms with van der Waals surface area (Å²) in [6.45, 7) is 1.52. The normalized spacial score (nSPS) is 22.0. The second-order valence-corrected chi connectivity index (χ2v) is 7.13. The average Bonchev–Trinajstić information content (AvgIpc) is 2.96. The number of amides is 1. The van der Waals surface area contributed by atoms with Gasteiger partial charge in [0, 0.05) is 45.0 Å². The van der Waals surface area contributed by atoms with Crippen LogP contribution < -0.4 is 4.74 Å². The molecule has 1 saturated heterocycles. The Hall–Kier alpha value is -2.63. The highest BCUT2D eigenvalue weighted by atomic mass is 16.5. The fourth-order valence-corrected chi connectivity index (χ4v) is 3.76. The van der Waals surface area contributed by atoms with E-state index in [0.29, 0.717) is 12.8 Å². The van der Waals surface area contributed by atoms with Crippen LogP contribution in [0, 0.1) is 0 Å². The highest BCUT2D eigenvalue weighted by Crippen LogP contribution is 2.36. The van der Waals surface area contributed by atoms with Crippen molar-refractivity contribution in [2.75, 3.05) is 13.1 Å². The van der Waals surface area contributed by atoms with Crippen molar-refractivity contribution in [3.8, 4) is 5.75 Å². The smallest absolute Gasteiger partial charge is 0.223 e. The van der Waals surface area contributed by atoms with E-state index in [2.05, 4.69) is 28.4 Å². The van der Waals surface area contributed by atoms with Gasteiger partial charge in [-0.2, -0.15) is 0 Å². The van der Waals surface area contributed by atoms with Gasteiger partial charge in [-0.3, -0.25) is 4.79 Å². The van der Waals surface area contributed by atoms with Gasteiger partial charge in [0.25, 0.3) is 0 Å². The van der Waals surface area contributed by atoms with Crippen molar-refractivity contribution in [2.45, 2.75) is 37.7 Å². The molecule has 6 heteroatoms. The molecule has 0 bridgehead atoms. The lowest BCUT2D eigenvalue weighted by molar-refractivity contribution is -0.131. The van der Waals surface area contributed by atoms with E-state index in [1.807, 2.05) is 34.7 Å². The summed E-state index contributed by atoms with van der Waals surface area (Å²) < 4.78 is 8.22. The van der Waals surface area contributed by atoms with Gasteiger partial charge in [0.1, 0.15) is 23.5 Å². The maximum absolute atomic E-state index is 12.6. The summed E-state index contributed by atoms with van der Waals surface area (Å²) in [5.74, 6) is 1.97. The number of aryl methyl sites for hydroxylation is 2. The van der Waals surface area contributed by atoms with E-state index in [1.165, 1.54) is 0 Å². The molecule has 1 fully saturated rings. The van der Waals surface area contributed by atoms with E-state index < -0.39 is 0 Å². The third-order valence-corrected chi connectivity index (χ3v) is 5.35. The maximum Gasteiger partial charge on any atom is 0.223 e. The van der Waals surface area contributed by atoms with Gasteiger partial charge in [0.15, 0.2) is 0 Å². The van der Waals surface area contributed by atoms with Gasteiger partial charge in [0.2, 0.25) is 5.91 Å². The molecule has 2 aliphatic rings. The van der Waals surface area contributed by atoms with E-state index in [-0.39, 0.29) is 11.5 Å². The number of nitrogens with zero attached hydrogens (tertiary/aromatic N) is 4. The van der Waals surface area contributed by atoms with Crippen molar-refractivity contribution in [2.24, 2.45) is 7.05 Å². The molecular weight excluding hydrogens is 328 g/mol. The van der Waals surface area contributed by atoms with Crippen LogP contribution in [0.5, 0.6) is 5.75 Å². The molecule has 4 rings (SSSR count). The lowest BCUT2D eigenvalue weighted by atomic mass is 9.91. The van der Waals surface area contributed by atoms with Gasteiger partial charge in [-0.25, -0.2) is 0 Å². The highest BCUT2D eigenvalue weighted by Gasteiger charge is 2.35. The Morgan fingerprint density at radius 1 is 1.27 bits per heavy atom. The molecule has 6 nitrogen and oxygen atoms in total. The number of carbonyl (C=O) groups excluding carboxylic acids is 1. The van der Waals surface area contributed by atoms with Crippen LogP contribution in [0.15, 0.2) is 36.7 Å². The van der Waals surface area contributed by atoms with Crippen LogP contribution in [-0.2, 0) is 18.3 Å². The number of rotatable bonds is 3. The zero-order valence-corrected chi connectivity index (χ0v) is 15.1. The second-order valence-electron chi connectivity index (χ2n) is 7.13. The summed E-state index contributed by atoms with van der Waals surface area (Å²) in [5.41, 5.74) is 0.839. The number of para-hydroxylation sites is 1. The number of likely N-dealkylation sites (tertiary alicyclic amines) is 1. The molecule has 2 aliphatic heterocycles. The predicted octanol–water partition coefficient (Wildman–Crippen LogP) is 2.60. The Morgan fingerprint density at radius 3 is 3.00 bits per heavy atom. The quantitative estimate of drug-likeness (QED) is 0.852. The Kier molecular flexibility index (Phi) is 4.49. The molecule has 0 N–H and O–H groups in total. The van der Waals surface area contributed by atoms with Crippen LogP contribution >= 0.6 is 0 Å². The van der Waals surface area contributed by atoms with Crippen molar-refractivity contribution in [3.63, 3.8) is 0 Å². The molecule has 3 heterocycles. The monoisotopic (exact) mass is 352 g/mol. The number of benzene rings is 1. The summed E-state index contributed by atoms with van der Waals surface area (Å²) in [7, 11) is 1.90. The van der Waals surface area contributed by atoms with Crippen LogP contribution in [0.2, 0.25) is 0 Å². The minimum absolute atomic E-state index is 0.185. The Balaban J connectivity index is 1.38. The number of ether oxygens (including phenoxy) is 1. The summed E-state index contributed by atoms with van der Waals surface area (Å²) in [4.78, 5) is 14.6. The second kappa shape index (κ2) is 6.94. The van der Waals surface area contributed by atoms with Crippen LogP contribution in [0.3, 0.4) is 0 Å². The fraction of sp³-hybridized carbons (Fsp3) is 0.450. The minimum Gasteiger partial charge on any atom is -0.483 e. The molecule has 0 unspecified atom stereocenters. The van der Waals surface area contributed by atoms with Crippen LogP contribution in [-0.4, -0.2) is 44.3 Å². The van der Waals surface area contributed by atoms with E-state index in [1.54, 1.807) is 6.33 Å². The third kappa shape index (κ3) is 3.36. The van der Waals surface area contributed by atoms with Gasteiger partial charge in [-0.1, -0.05) is 24.3 Å². The number of aromatic nitrogens is 3.